The molecule has 2 aromatic rings. The lowest BCUT2D eigenvalue weighted by atomic mass is 9.79. The van der Waals surface area contributed by atoms with E-state index in [0.717, 1.165) is 16.7 Å². The fourth-order valence-corrected chi connectivity index (χ4v) is 3.81. The fraction of sp³-hybridized carbons (Fsp3) is 0.476. The number of benzene rings is 1. The predicted octanol–water partition coefficient (Wildman–Crippen LogP) is 4.52. The van der Waals surface area contributed by atoms with Crippen LogP contribution in [0.2, 0.25) is 0 Å². The summed E-state index contributed by atoms with van der Waals surface area (Å²) in [5.74, 6) is 0.237. The summed E-state index contributed by atoms with van der Waals surface area (Å²) in [5.41, 5.74) is 2.34. The Hall–Kier alpha value is -1.88. The molecule has 0 aliphatic carbocycles. The van der Waals surface area contributed by atoms with Crippen LogP contribution >= 0.6 is 7.60 Å². The highest BCUT2D eigenvalue weighted by Gasteiger charge is 2.29. The van der Waals surface area contributed by atoms with Gasteiger partial charge >= 0.3 is 7.60 Å². The Morgan fingerprint density at radius 2 is 1.57 bits per heavy atom. The number of rotatable bonds is 5. The van der Waals surface area contributed by atoms with Gasteiger partial charge in [-0.2, -0.15) is 0 Å². The lowest BCUT2D eigenvalue weighted by Crippen LogP contribution is -2.26. The number of hydrogen-bond donors (Lipinski definition) is 3. The highest BCUT2D eigenvalue weighted by molar-refractivity contribution is 7.51. The number of phenols is 1. The minimum absolute atomic E-state index is 0.237. The first-order valence-electron chi connectivity index (χ1n) is 9.25. The molecule has 6 nitrogen and oxygen atoms in total. The van der Waals surface area contributed by atoms with Gasteiger partial charge in [0.15, 0.2) is 0 Å². The standard InChI is InChI=1S/C21H31N2O4P/c1-20(2,3)17-10-16(11-18(19(17)24)21(4,5)6)23(14-28(25,26)27)13-15-8-7-9-22-12-15/h7-12,24H,13-14H2,1-6H3,(H2,25,26,27). The number of anilines is 1. The molecule has 0 aliphatic rings. The van der Waals surface area contributed by atoms with Crippen molar-refractivity contribution in [2.24, 2.45) is 0 Å². The topological polar surface area (TPSA) is 93.9 Å². The zero-order valence-corrected chi connectivity index (χ0v) is 18.4. The van der Waals surface area contributed by atoms with E-state index in [-0.39, 0.29) is 16.6 Å². The summed E-state index contributed by atoms with van der Waals surface area (Å²) in [6.07, 6.45) is 2.93. The number of pyridine rings is 1. The van der Waals surface area contributed by atoms with Crippen LogP contribution in [-0.2, 0) is 21.9 Å². The first-order chi connectivity index (χ1) is 12.7. The molecule has 0 amide bonds. The van der Waals surface area contributed by atoms with Crippen molar-refractivity contribution < 1.29 is 19.5 Å². The molecule has 1 aromatic carbocycles. The maximum Gasteiger partial charge on any atom is 0.344 e. The summed E-state index contributed by atoms with van der Waals surface area (Å²) >= 11 is 0. The molecule has 0 fully saturated rings. The number of aromatic hydroxyl groups is 1. The Morgan fingerprint density at radius 3 is 1.96 bits per heavy atom. The summed E-state index contributed by atoms with van der Waals surface area (Å²) in [5, 5.41) is 10.9. The average molecular weight is 406 g/mol. The second-order valence-corrected chi connectivity index (χ2v) is 10.9. The molecule has 2 rings (SSSR count). The van der Waals surface area contributed by atoms with Crippen LogP contribution in [0, 0.1) is 0 Å². The molecule has 28 heavy (non-hydrogen) atoms. The van der Waals surface area contributed by atoms with Gasteiger partial charge in [0.1, 0.15) is 12.0 Å². The van der Waals surface area contributed by atoms with Gasteiger partial charge in [0.05, 0.1) is 0 Å². The molecule has 1 aromatic heterocycles. The molecule has 1 heterocycles. The van der Waals surface area contributed by atoms with Gasteiger partial charge in [0.25, 0.3) is 0 Å². The number of nitrogens with zero attached hydrogens (tertiary/aromatic N) is 2. The van der Waals surface area contributed by atoms with Gasteiger partial charge in [-0.05, 0) is 34.6 Å². The van der Waals surface area contributed by atoms with Crippen LogP contribution in [0.15, 0.2) is 36.7 Å². The Balaban J connectivity index is 2.65. The van der Waals surface area contributed by atoms with Crippen molar-refractivity contribution in [3.05, 3.63) is 53.3 Å². The molecule has 0 atom stereocenters. The molecule has 7 heteroatoms. The Kier molecular flexibility index (Phi) is 6.29. The van der Waals surface area contributed by atoms with Crippen LogP contribution in [0.25, 0.3) is 0 Å². The SMILES string of the molecule is CC(C)(C)c1cc(N(Cc2cccnc2)CP(=O)(O)O)cc(C(C)(C)C)c1O. The van der Waals surface area contributed by atoms with Crippen LogP contribution in [0.3, 0.4) is 0 Å². The van der Waals surface area contributed by atoms with Crippen molar-refractivity contribution in [1.82, 2.24) is 4.98 Å². The van der Waals surface area contributed by atoms with Gasteiger partial charge in [0, 0.05) is 35.8 Å². The molecule has 154 valence electrons. The third-order valence-electron chi connectivity index (χ3n) is 4.53. The van der Waals surface area contributed by atoms with Crippen molar-refractivity contribution in [3.63, 3.8) is 0 Å². The van der Waals surface area contributed by atoms with E-state index in [4.69, 9.17) is 0 Å². The van der Waals surface area contributed by atoms with Crippen molar-refractivity contribution in [1.29, 1.82) is 0 Å². The number of hydrogen-bond acceptors (Lipinski definition) is 4. The highest BCUT2D eigenvalue weighted by Crippen LogP contribution is 2.44. The maximum absolute atomic E-state index is 11.8. The third-order valence-corrected chi connectivity index (χ3v) is 5.24. The number of aromatic nitrogens is 1. The van der Waals surface area contributed by atoms with Crippen LogP contribution in [-0.4, -0.2) is 26.2 Å². The quantitative estimate of drug-likeness (QED) is 0.632. The van der Waals surface area contributed by atoms with Gasteiger partial charge in [-0.15, -0.1) is 0 Å². The summed E-state index contributed by atoms with van der Waals surface area (Å²) in [7, 11) is -4.30. The van der Waals surface area contributed by atoms with Crippen LogP contribution < -0.4 is 4.90 Å². The smallest absolute Gasteiger partial charge is 0.344 e. The van der Waals surface area contributed by atoms with E-state index in [1.165, 1.54) is 0 Å². The molecule has 0 unspecified atom stereocenters. The van der Waals surface area contributed by atoms with Crippen LogP contribution in [0.5, 0.6) is 5.75 Å². The highest BCUT2D eigenvalue weighted by atomic mass is 31.2. The van der Waals surface area contributed by atoms with Gasteiger partial charge in [-0.3, -0.25) is 9.55 Å². The minimum atomic E-state index is -4.30. The first-order valence-corrected chi connectivity index (χ1v) is 11.0. The molecule has 0 spiro atoms. The van der Waals surface area contributed by atoms with E-state index in [9.17, 15) is 19.5 Å². The summed E-state index contributed by atoms with van der Waals surface area (Å²) in [4.78, 5) is 25.0. The van der Waals surface area contributed by atoms with E-state index in [2.05, 4.69) is 4.98 Å². The molecule has 0 bridgehead atoms. The van der Waals surface area contributed by atoms with Crippen molar-refractivity contribution in [3.8, 4) is 5.75 Å². The van der Waals surface area contributed by atoms with Crippen molar-refractivity contribution >= 4 is 13.3 Å². The van der Waals surface area contributed by atoms with Crippen LogP contribution in [0.4, 0.5) is 5.69 Å². The average Bonchev–Trinajstić information content (AvgIpc) is 2.52. The Bertz CT molecular complexity index is 829. The largest absolute Gasteiger partial charge is 0.507 e. The van der Waals surface area contributed by atoms with Crippen molar-refractivity contribution in [2.75, 3.05) is 11.2 Å². The maximum atomic E-state index is 11.8. The van der Waals surface area contributed by atoms with E-state index in [0.29, 0.717) is 12.2 Å². The summed E-state index contributed by atoms with van der Waals surface area (Å²) in [6.45, 7) is 12.3. The lowest BCUT2D eigenvalue weighted by Gasteiger charge is -2.32. The van der Waals surface area contributed by atoms with Gasteiger partial charge < -0.3 is 19.8 Å². The Morgan fingerprint density at radius 1 is 1.04 bits per heavy atom. The van der Waals surface area contributed by atoms with Gasteiger partial charge in [-0.1, -0.05) is 47.6 Å². The molecular formula is C21H31N2O4P. The Labute approximate surface area is 167 Å². The lowest BCUT2D eigenvalue weighted by molar-refractivity contribution is 0.372. The third kappa shape index (κ3) is 5.81. The van der Waals surface area contributed by atoms with E-state index in [1.54, 1.807) is 23.4 Å². The second kappa shape index (κ2) is 7.86. The van der Waals surface area contributed by atoms with E-state index in [1.807, 2.05) is 59.7 Å². The first kappa shape index (κ1) is 22.4. The molecule has 3 N–H and O–H groups in total. The zero-order chi connectivity index (χ0) is 21.3. The molecule has 0 saturated carbocycles. The molecule has 0 radical (unpaired) electrons. The molecule has 0 aliphatic heterocycles. The van der Waals surface area contributed by atoms with Gasteiger partial charge in [0.2, 0.25) is 0 Å². The molecule has 0 saturated heterocycles. The zero-order valence-electron chi connectivity index (χ0n) is 17.5. The van der Waals surface area contributed by atoms with Crippen molar-refractivity contribution in [2.45, 2.75) is 58.9 Å². The normalized spacial score (nSPS) is 12.9. The fourth-order valence-electron chi connectivity index (χ4n) is 3.10. The monoisotopic (exact) mass is 406 g/mol. The predicted molar refractivity (Wildman–Crippen MR) is 113 cm³/mol. The number of phenolic OH excluding ortho intramolecular Hbond substituents is 1. The second-order valence-electron chi connectivity index (χ2n) is 9.25. The van der Waals surface area contributed by atoms with Gasteiger partial charge in [-0.25, -0.2) is 0 Å². The molecular weight excluding hydrogens is 375 g/mol. The van der Waals surface area contributed by atoms with E-state index >= 15 is 0 Å². The summed E-state index contributed by atoms with van der Waals surface area (Å²) < 4.78 is 11.8. The van der Waals surface area contributed by atoms with E-state index < -0.39 is 13.9 Å². The minimum Gasteiger partial charge on any atom is -0.507 e. The van der Waals surface area contributed by atoms with Crippen LogP contribution in [0.1, 0.15) is 58.2 Å². The summed E-state index contributed by atoms with van der Waals surface area (Å²) in [6, 6.07) is 7.33.